The Bertz CT molecular complexity index is 791. The van der Waals surface area contributed by atoms with Gasteiger partial charge in [0.2, 0.25) is 0 Å². The van der Waals surface area contributed by atoms with Crippen molar-refractivity contribution in [1.29, 1.82) is 0 Å². The van der Waals surface area contributed by atoms with Crippen LogP contribution in [0.3, 0.4) is 0 Å². The summed E-state index contributed by atoms with van der Waals surface area (Å²) in [5.41, 5.74) is 4.46. The van der Waals surface area contributed by atoms with Crippen molar-refractivity contribution < 1.29 is 9.00 Å². The number of benzene rings is 2. The first kappa shape index (κ1) is 18.8. The van der Waals surface area contributed by atoms with Gasteiger partial charge in [0, 0.05) is 54.6 Å². The van der Waals surface area contributed by atoms with Crippen molar-refractivity contribution in [1.82, 2.24) is 10.2 Å². The molecule has 26 heavy (non-hydrogen) atoms. The lowest BCUT2D eigenvalue weighted by Gasteiger charge is -2.28. The molecule has 2 aromatic carbocycles. The van der Waals surface area contributed by atoms with Gasteiger partial charge in [-0.1, -0.05) is 36.4 Å². The summed E-state index contributed by atoms with van der Waals surface area (Å²) < 4.78 is 11.3. The number of nitrogens with zero attached hydrogens (tertiary/aromatic N) is 1. The summed E-state index contributed by atoms with van der Waals surface area (Å²) in [7, 11) is -0.901. The predicted molar refractivity (Wildman–Crippen MR) is 107 cm³/mol. The molecule has 4 nitrogen and oxygen atoms in total. The third-order valence-corrected chi connectivity index (χ3v) is 5.45. The second-order valence-electron chi connectivity index (χ2n) is 6.82. The molecule has 0 saturated heterocycles. The first-order chi connectivity index (χ1) is 12.6. The SMILES string of the molecule is CS(=O)Cc1cccc(C(=O)NCCCN2CCc3ccccc3C2)c1. The molecule has 1 N–H and O–H groups in total. The molecule has 5 heteroatoms. The number of nitrogens with one attached hydrogen (secondary N) is 1. The monoisotopic (exact) mass is 370 g/mol. The second-order valence-corrected chi connectivity index (χ2v) is 8.26. The maximum absolute atomic E-state index is 12.3. The summed E-state index contributed by atoms with van der Waals surface area (Å²) >= 11 is 0. The van der Waals surface area contributed by atoms with Gasteiger partial charge in [0.15, 0.2) is 0 Å². The highest BCUT2D eigenvalue weighted by atomic mass is 32.2. The van der Waals surface area contributed by atoms with Gasteiger partial charge in [-0.05, 0) is 41.7 Å². The van der Waals surface area contributed by atoms with Crippen LogP contribution < -0.4 is 5.32 Å². The molecule has 0 saturated carbocycles. The standard InChI is InChI=1S/C21H26N2O2S/c1-26(25)16-17-6-4-9-19(14-17)21(24)22-11-5-12-23-13-10-18-7-2-3-8-20(18)15-23/h2-4,6-9,14H,5,10-13,15-16H2,1H3,(H,22,24). The molecule has 0 aromatic heterocycles. The molecule has 1 aliphatic heterocycles. The summed E-state index contributed by atoms with van der Waals surface area (Å²) in [6, 6.07) is 16.0. The number of carbonyl (C=O) groups excluding carboxylic acids is 1. The minimum Gasteiger partial charge on any atom is -0.352 e. The average Bonchev–Trinajstić information content (AvgIpc) is 2.64. The molecule has 3 rings (SSSR count). The summed E-state index contributed by atoms with van der Waals surface area (Å²) in [5, 5.41) is 3.00. The summed E-state index contributed by atoms with van der Waals surface area (Å²) in [4.78, 5) is 14.7. The van der Waals surface area contributed by atoms with Gasteiger partial charge < -0.3 is 5.32 Å². The summed E-state index contributed by atoms with van der Waals surface area (Å²) in [6.45, 7) is 3.74. The van der Waals surface area contributed by atoms with Crippen molar-refractivity contribution in [3.63, 3.8) is 0 Å². The first-order valence-electron chi connectivity index (χ1n) is 9.08. The number of hydrogen-bond acceptors (Lipinski definition) is 3. The molecule has 1 unspecified atom stereocenters. The maximum Gasteiger partial charge on any atom is 0.251 e. The maximum atomic E-state index is 12.3. The minimum absolute atomic E-state index is 0.0577. The van der Waals surface area contributed by atoms with E-state index in [2.05, 4.69) is 34.5 Å². The first-order valence-corrected chi connectivity index (χ1v) is 10.8. The molecular formula is C21H26N2O2S. The predicted octanol–water partition coefficient (Wildman–Crippen LogP) is 2.74. The molecule has 1 amide bonds. The quantitative estimate of drug-likeness (QED) is 0.763. The zero-order chi connectivity index (χ0) is 18.4. The number of amides is 1. The number of hydrogen-bond donors (Lipinski definition) is 1. The lowest BCUT2D eigenvalue weighted by molar-refractivity contribution is 0.0951. The van der Waals surface area contributed by atoms with Crippen molar-refractivity contribution in [3.8, 4) is 0 Å². The van der Waals surface area contributed by atoms with Gasteiger partial charge in [-0.3, -0.25) is 13.9 Å². The van der Waals surface area contributed by atoms with Crippen LogP contribution in [0.25, 0.3) is 0 Å². The highest BCUT2D eigenvalue weighted by Crippen LogP contribution is 2.18. The molecular weight excluding hydrogens is 344 g/mol. The van der Waals surface area contributed by atoms with E-state index in [1.54, 1.807) is 12.3 Å². The van der Waals surface area contributed by atoms with Crippen molar-refractivity contribution >= 4 is 16.7 Å². The number of carbonyl (C=O) groups is 1. The third kappa shape index (κ3) is 5.26. The van der Waals surface area contributed by atoms with Gasteiger partial charge in [0.05, 0.1) is 0 Å². The largest absolute Gasteiger partial charge is 0.352 e. The van der Waals surface area contributed by atoms with Crippen molar-refractivity contribution in [2.45, 2.75) is 25.1 Å². The Morgan fingerprint density at radius 1 is 1.15 bits per heavy atom. The van der Waals surface area contributed by atoms with Crippen molar-refractivity contribution in [3.05, 3.63) is 70.8 Å². The Morgan fingerprint density at radius 3 is 2.77 bits per heavy atom. The second kappa shape index (κ2) is 9.10. The summed E-state index contributed by atoms with van der Waals surface area (Å²) in [6.07, 6.45) is 3.71. The molecule has 0 radical (unpaired) electrons. The van der Waals surface area contributed by atoms with Crippen LogP contribution in [-0.2, 0) is 29.5 Å². The van der Waals surface area contributed by atoms with Crippen LogP contribution in [0.5, 0.6) is 0 Å². The highest BCUT2D eigenvalue weighted by molar-refractivity contribution is 7.83. The van der Waals surface area contributed by atoms with E-state index < -0.39 is 10.8 Å². The van der Waals surface area contributed by atoms with E-state index in [9.17, 15) is 9.00 Å². The average molecular weight is 371 g/mol. The van der Waals surface area contributed by atoms with E-state index in [4.69, 9.17) is 0 Å². The fourth-order valence-corrected chi connectivity index (χ4v) is 4.04. The molecule has 0 bridgehead atoms. The molecule has 0 spiro atoms. The Balaban J connectivity index is 1.43. The van der Waals surface area contributed by atoms with E-state index in [0.717, 1.165) is 38.0 Å². The zero-order valence-electron chi connectivity index (χ0n) is 15.2. The van der Waals surface area contributed by atoms with E-state index in [1.165, 1.54) is 11.1 Å². The van der Waals surface area contributed by atoms with Crippen LogP contribution >= 0.6 is 0 Å². The Hall–Kier alpha value is -1.98. The third-order valence-electron chi connectivity index (χ3n) is 4.71. The molecule has 1 atom stereocenters. The topological polar surface area (TPSA) is 49.4 Å². The summed E-state index contributed by atoms with van der Waals surface area (Å²) in [5.74, 6) is 0.426. The molecule has 0 fully saturated rings. The fourth-order valence-electron chi connectivity index (χ4n) is 3.39. The van der Waals surface area contributed by atoms with Gasteiger partial charge in [-0.2, -0.15) is 0 Å². The van der Waals surface area contributed by atoms with E-state index in [1.807, 2.05) is 18.2 Å². The Labute approximate surface area is 158 Å². The molecule has 0 aliphatic carbocycles. The van der Waals surface area contributed by atoms with Crippen LogP contribution in [0.2, 0.25) is 0 Å². The van der Waals surface area contributed by atoms with Gasteiger partial charge in [-0.25, -0.2) is 0 Å². The smallest absolute Gasteiger partial charge is 0.251 e. The molecule has 1 aliphatic rings. The van der Waals surface area contributed by atoms with E-state index in [-0.39, 0.29) is 5.91 Å². The van der Waals surface area contributed by atoms with Crippen LogP contribution in [0.4, 0.5) is 0 Å². The van der Waals surface area contributed by atoms with Crippen LogP contribution in [-0.4, -0.2) is 40.9 Å². The van der Waals surface area contributed by atoms with E-state index >= 15 is 0 Å². The van der Waals surface area contributed by atoms with Crippen LogP contribution in [0.1, 0.15) is 33.5 Å². The van der Waals surface area contributed by atoms with E-state index in [0.29, 0.717) is 17.9 Å². The van der Waals surface area contributed by atoms with Crippen molar-refractivity contribution in [2.24, 2.45) is 0 Å². The van der Waals surface area contributed by atoms with Gasteiger partial charge in [0.25, 0.3) is 5.91 Å². The van der Waals surface area contributed by atoms with Gasteiger partial charge in [-0.15, -0.1) is 0 Å². The normalized spacial score (nSPS) is 15.3. The fraction of sp³-hybridized carbons (Fsp3) is 0.381. The van der Waals surface area contributed by atoms with Crippen molar-refractivity contribution in [2.75, 3.05) is 25.9 Å². The number of rotatable bonds is 7. The molecule has 2 aromatic rings. The lowest BCUT2D eigenvalue weighted by atomic mass is 10.00. The van der Waals surface area contributed by atoms with Gasteiger partial charge in [0.1, 0.15) is 0 Å². The highest BCUT2D eigenvalue weighted by Gasteiger charge is 2.15. The lowest BCUT2D eigenvalue weighted by Crippen LogP contribution is -2.33. The number of fused-ring (bicyclic) bond motifs is 1. The van der Waals surface area contributed by atoms with Crippen LogP contribution in [0.15, 0.2) is 48.5 Å². The molecule has 138 valence electrons. The Kier molecular flexibility index (Phi) is 6.58. The van der Waals surface area contributed by atoms with Crippen LogP contribution in [0, 0.1) is 0 Å². The Morgan fingerprint density at radius 2 is 1.96 bits per heavy atom. The molecule has 1 heterocycles. The zero-order valence-corrected chi connectivity index (χ0v) is 16.1. The van der Waals surface area contributed by atoms with Gasteiger partial charge >= 0.3 is 0 Å². The minimum atomic E-state index is -0.901.